The summed E-state index contributed by atoms with van der Waals surface area (Å²) < 4.78 is 5.56. The van der Waals surface area contributed by atoms with Gasteiger partial charge < -0.3 is 10.1 Å². The van der Waals surface area contributed by atoms with Crippen LogP contribution in [0.5, 0.6) is 0 Å². The van der Waals surface area contributed by atoms with Gasteiger partial charge in [-0.15, -0.1) is 11.6 Å². The average molecular weight is 234 g/mol. The van der Waals surface area contributed by atoms with Gasteiger partial charge in [0.1, 0.15) is 0 Å². The number of rotatable bonds is 7. The lowest BCUT2D eigenvalue weighted by Gasteiger charge is -2.14. The third-order valence-electron chi connectivity index (χ3n) is 2.97. The van der Waals surface area contributed by atoms with Gasteiger partial charge in [-0.1, -0.05) is 13.8 Å². The van der Waals surface area contributed by atoms with Crippen molar-refractivity contribution < 1.29 is 4.74 Å². The minimum Gasteiger partial charge on any atom is -0.378 e. The summed E-state index contributed by atoms with van der Waals surface area (Å²) >= 11 is 6.13. The Hall–Kier alpha value is 0.210. The lowest BCUT2D eigenvalue weighted by atomic mass is 10.1. The van der Waals surface area contributed by atoms with Crippen molar-refractivity contribution in [2.75, 3.05) is 19.7 Å². The van der Waals surface area contributed by atoms with Crippen molar-refractivity contribution in [1.29, 1.82) is 0 Å². The van der Waals surface area contributed by atoms with Gasteiger partial charge in [-0.2, -0.15) is 0 Å². The molecule has 2 atom stereocenters. The number of halogens is 1. The van der Waals surface area contributed by atoms with Crippen LogP contribution >= 0.6 is 11.6 Å². The van der Waals surface area contributed by atoms with Gasteiger partial charge in [0, 0.05) is 18.5 Å². The Labute approximate surface area is 98.7 Å². The molecule has 1 aliphatic rings. The molecule has 0 aromatic rings. The third kappa shape index (κ3) is 5.74. The predicted molar refractivity (Wildman–Crippen MR) is 65.6 cm³/mol. The maximum absolute atomic E-state index is 6.13. The molecular formula is C12H24ClNO. The Balaban J connectivity index is 1.88. The van der Waals surface area contributed by atoms with Crippen LogP contribution in [0.1, 0.15) is 39.5 Å². The lowest BCUT2D eigenvalue weighted by molar-refractivity contribution is 0.102. The van der Waals surface area contributed by atoms with Crippen molar-refractivity contribution in [2.24, 2.45) is 5.92 Å². The van der Waals surface area contributed by atoms with Crippen LogP contribution in [0.15, 0.2) is 0 Å². The molecule has 1 fully saturated rings. The maximum atomic E-state index is 6.13. The van der Waals surface area contributed by atoms with E-state index in [0.717, 1.165) is 19.7 Å². The first-order valence-electron chi connectivity index (χ1n) is 6.16. The van der Waals surface area contributed by atoms with Crippen LogP contribution in [0.2, 0.25) is 0 Å². The van der Waals surface area contributed by atoms with E-state index in [9.17, 15) is 0 Å². The predicted octanol–water partition coefficient (Wildman–Crippen LogP) is 2.80. The molecule has 15 heavy (non-hydrogen) atoms. The molecule has 90 valence electrons. The van der Waals surface area contributed by atoms with Crippen LogP contribution in [-0.4, -0.2) is 31.2 Å². The molecule has 1 heterocycles. The van der Waals surface area contributed by atoms with E-state index in [-0.39, 0.29) is 5.38 Å². The monoisotopic (exact) mass is 233 g/mol. The number of nitrogens with one attached hydrogen (secondary N) is 1. The summed E-state index contributed by atoms with van der Waals surface area (Å²) in [4.78, 5) is 0. The highest BCUT2D eigenvalue weighted by Gasteiger charge is 2.14. The Morgan fingerprint density at radius 1 is 1.47 bits per heavy atom. The summed E-state index contributed by atoms with van der Waals surface area (Å²) in [5.74, 6) is 0.553. The SMILES string of the molecule is CC(C)C(Cl)CNCCCC1CCCO1. The van der Waals surface area contributed by atoms with Crippen LogP contribution < -0.4 is 5.32 Å². The summed E-state index contributed by atoms with van der Waals surface area (Å²) in [5, 5.41) is 3.66. The van der Waals surface area contributed by atoms with E-state index in [2.05, 4.69) is 19.2 Å². The average Bonchev–Trinajstić information content (AvgIpc) is 2.69. The van der Waals surface area contributed by atoms with Gasteiger partial charge in [0.15, 0.2) is 0 Å². The highest BCUT2D eigenvalue weighted by atomic mass is 35.5. The fourth-order valence-corrected chi connectivity index (χ4v) is 1.91. The summed E-state index contributed by atoms with van der Waals surface area (Å²) in [7, 11) is 0. The number of ether oxygens (including phenoxy) is 1. The second-order valence-electron chi connectivity index (χ2n) is 4.74. The van der Waals surface area contributed by atoms with Gasteiger partial charge in [-0.3, -0.25) is 0 Å². The number of hydrogen-bond acceptors (Lipinski definition) is 2. The van der Waals surface area contributed by atoms with Gasteiger partial charge in [0.05, 0.1) is 6.10 Å². The maximum Gasteiger partial charge on any atom is 0.0576 e. The van der Waals surface area contributed by atoms with E-state index in [0.29, 0.717) is 12.0 Å². The van der Waals surface area contributed by atoms with E-state index < -0.39 is 0 Å². The van der Waals surface area contributed by atoms with E-state index in [1.54, 1.807) is 0 Å². The minimum absolute atomic E-state index is 0.257. The zero-order valence-corrected chi connectivity index (χ0v) is 10.7. The molecule has 0 saturated carbocycles. The van der Waals surface area contributed by atoms with Crippen molar-refractivity contribution >= 4 is 11.6 Å². The second kappa shape index (κ2) is 7.48. The van der Waals surface area contributed by atoms with Crippen molar-refractivity contribution in [1.82, 2.24) is 5.32 Å². The molecule has 2 nitrogen and oxygen atoms in total. The summed E-state index contributed by atoms with van der Waals surface area (Å²) in [5.41, 5.74) is 0. The lowest BCUT2D eigenvalue weighted by Crippen LogP contribution is -2.27. The number of alkyl halides is 1. The first-order chi connectivity index (χ1) is 7.20. The third-order valence-corrected chi connectivity index (χ3v) is 3.62. The molecule has 0 spiro atoms. The molecule has 0 bridgehead atoms. The zero-order chi connectivity index (χ0) is 11.1. The van der Waals surface area contributed by atoms with Crippen molar-refractivity contribution in [3.8, 4) is 0 Å². The standard InChI is InChI=1S/C12H24ClNO/c1-10(2)12(13)9-14-7-3-5-11-6-4-8-15-11/h10-12,14H,3-9H2,1-2H3. The molecule has 0 aromatic heterocycles. The Kier molecular flexibility index (Phi) is 6.62. The van der Waals surface area contributed by atoms with Crippen LogP contribution in [0.4, 0.5) is 0 Å². The molecule has 1 rings (SSSR count). The van der Waals surface area contributed by atoms with Gasteiger partial charge in [-0.25, -0.2) is 0 Å². The fourth-order valence-electron chi connectivity index (χ4n) is 1.80. The normalized spacial score (nSPS) is 23.6. The minimum atomic E-state index is 0.257. The molecule has 2 unspecified atom stereocenters. The molecule has 1 N–H and O–H groups in total. The Morgan fingerprint density at radius 2 is 2.27 bits per heavy atom. The van der Waals surface area contributed by atoms with Crippen molar-refractivity contribution in [2.45, 2.75) is 51.0 Å². The molecule has 0 amide bonds. The van der Waals surface area contributed by atoms with Crippen molar-refractivity contribution in [3.63, 3.8) is 0 Å². The summed E-state index contributed by atoms with van der Waals surface area (Å²) in [6, 6.07) is 0. The quantitative estimate of drug-likeness (QED) is 0.540. The molecule has 0 radical (unpaired) electrons. The fraction of sp³-hybridized carbons (Fsp3) is 1.00. The van der Waals surface area contributed by atoms with Gasteiger partial charge in [-0.05, 0) is 38.1 Å². The first-order valence-corrected chi connectivity index (χ1v) is 6.60. The first kappa shape index (κ1) is 13.3. The van der Waals surface area contributed by atoms with Gasteiger partial charge in [0.2, 0.25) is 0 Å². The summed E-state index contributed by atoms with van der Waals surface area (Å²) in [6.07, 6.45) is 5.43. The molecule has 0 aromatic carbocycles. The van der Waals surface area contributed by atoms with Crippen LogP contribution in [0, 0.1) is 5.92 Å². The van der Waals surface area contributed by atoms with Crippen LogP contribution in [0.3, 0.4) is 0 Å². The van der Waals surface area contributed by atoms with E-state index in [1.165, 1.54) is 25.7 Å². The van der Waals surface area contributed by atoms with Crippen LogP contribution in [0.25, 0.3) is 0 Å². The zero-order valence-electron chi connectivity index (χ0n) is 9.97. The molecular weight excluding hydrogens is 210 g/mol. The molecule has 0 aliphatic carbocycles. The van der Waals surface area contributed by atoms with Crippen molar-refractivity contribution in [3.05, 3.63) is 0 Å². The number of hydrogen-bond donors (Lipinski definition) is 1. The Bertz CT molecular complexity index is 154. The smallest absolute Gasteiger partial charge is 0.0576 e. The second-order valence-corrected chi connectivity index (χ2v) is 5.30. The van der Waals surface area contributed by atoms with E-state index in [1.807, 2.05) is 0 Å². The molecule has 1 saturated heterocycles. The molecule has 1 aliphatic heterocycles. The molecule has 3 heteroatoms. The largest absolute Gasteiger partial charge is 0.378 e. The van der Waals surface area contributed by atoms with E-state index in [4.69, 9.17) is 16.3 Å². The highest BCUT2D eigenvalue weighted by Crippen LogP contribution is 2.16. The van der Waals surface area contributed by atoms with Gasteiger partial charge >= 0.3 is 0 Å². The highest BCUT2D eigenvalue weighted by molar-refractivity contribution is 6.20. The topological polar surface area (TPSA) is 21.3 Å². The van der Waals surface area contributed by atoms with Gasteiger partial charge in [0.25, 0.3) is 0 Å². The van der Waals surface area contributed by atoms with E-state index >= 15 is 0 Å². The summed E-state index contributed by atoms with van der Waals surface area (Å²) in [6.45, 7) is 7.27. The van der Waals surface area contributed by atoms with Crippen LogP contribution in [-0.2, 0) is 4.74 Å². The Morgan fingerprint density at radius 3 is 2.87 bits per heavy atom.